The van der Waals surface area contributed by atoms with E-state index in [2.05, 4.69) is 337 Å². The average molecular weight is 1160 g/mol. The Bertz CT molecular complexity index is 5250. The SMILES string of the molecule is C(=Cc1ccc(-c2ccc3c(c2)c2ccccc2n3-c2cccc3ccccc23)cc1)c1ccc(-c2ccc3c(c2)C2(CCCC2)c2cc(-c4ccc(C=Cc5ccc(-c6ccc7c(c6)c6ccccc6n7-c6cccc7ccccc67)cc5)cc4)ccc2-3)cc1. The molecule has 2 heterocycles. The monoisotopic (exact) mass is 1160 g/mol. The number of para-hydroxylation sites is 2. The third kappa shape index (κ3) is 8.92. The normalized spacial score (nSPS) is 13.5. The van der Waals surface area contributed by atoms with E-state index in [1.807, 2.05) is 0 Å². The van der Waals surface area contributed by atoms with Crippen molar-refractivity contribution >= 4 is 89.5 Å². The minimum Gasteiger partial charge on any atom is -0.309 e. The van der Waals surface area contributed by atoms with Gasteiger partial charge < -0.3 is 9.13 Å². The number of aromatic nitrogens is 2. The maximum Gasteiger partial charge on any atom is 0.0541 e. The van der Waals surface area contributed by atoms with E-state index < -0.39 is 0 Å². The summed E-state index contributed by atoms with van der Waals surface area (Å²) in [6.07, 6.45) is 13.8. The Balaban J connectivity index is 0.550. The van der Waals surface area contributed by atoms with Gasteiger partial charge in [0.25, 0.3) is 0 Å². The second kappa shape index (κ2) is 21.5. The molecule has 0 radical (unpaired) electrons. The second-order valence-electron chi connectivity index (χ2n) is 25.1. The Hall–Kier alpha value is -11.3. The van der Waals surface area contributed by atoms with Gasteiger partial charge in [0.1, 0.15) is 0 Å². The number of fused-ring (bicyclic) bond motifs is 13. The molecule has 2 aliphatic carbocycles. The maximum atomic E-state index is 2.52. The fourth-order valence-electron chi connectivity index (χ4n) is 15.5. The van der Waals surface area contributed by atoms with Gasteiger partial charge in [-0.3, -0.25) is 0 Å². The fourth-order valence-corrected chi connectivity index (χ4v) is 15.5. The molecule has 2 aromatic heterocycles. The van der Waals surface area contributed by atoms with E-state index >= 15 is 0 Å². The Morgan fingerprint density at radius 1 is 0.242 bits per heavy atom. The molecular weight excluding hydrogens is 1100 g/mol. The van der Waals surface area contributed by atoms with E-state index in [0.29, 0.717) is 0 Å². The number of benzene rings is 14. The summed E-state index contributed by atoms with van der Waals surface area (Å²) < 4.78 is 4.86. The first-order valence-corrected chi connectivity index (χ1v) is 32.2. The molecule has 2 heteroatoms. The Morgan fingerprint density at radius 2 is 0.549 bits per heavy atom. The Morgan fingerprint density at radius 3 is 0.945 bits per heavy atom. The van der Waals surface area contributed by atoms with Gasteiger partial charge in [0.05, 0.1) is 33.4 Å². The summed E-state index contributed by atoms with van der Waals surface area (Å²) in [6, 6.07) is 113. The topological polar surface area (TPSA) is 9.86 Å². The van der Waals surface area contributed by atoms with Crippen LogP contribution in [0.5, 0.6) is 0 Å². The molecule has 0 amide bonds. The first-order valence-electron chi connectivity index (χ1n) is 32.2. The minimum absolute atomic E-state index is 0.0453. The van der Waals surface area contributed by atoms with Crippen LogP contribution in [0.15, 0.2) is 303 Å². The maximum absolute atomic E-state index is 2.52. The first kappa shape index (κ1) is 52.8. The smallest absolute Gasteiger partial charge is 0.0541 e. The molecule has 428 valence electrons. The van der Waals surface area contributed by atoms with Crippen molar-refractivity contribution in [2.24, 2.45) is 0 Å². The zero-order valence-electron chi connectivity index (χ0n) is 50.4. The minimum atomic E-state index is 0.0453. The van der Waals surface area contributed by atoms with Gasteiger partial charge in [-0.15, -0.1) is 0 Å². The molecular formula is C89H62N2. The van der Waals surface area contributed by atoms with E-state index in [-0.39, 0.29) is 5.41 Å². The lowest BCUT2D eigenvalue weighted by molar-refractivity contribution is 0.550. The second-order valence-corrected chi connectivity index (χ2v) is 25.1. The predicted molar refractivity (Wildman–Crippen MR) is 387 cm³/mol. The standard InChI is InChI=1S/C89H62N2/c1-3-17-73-67(13-1)15-11-23-83(73)90-85-21-7-5-19-77(85)79-55-69(47-51-87(79)90)63-37-29-59(30-38-63)25-27-61-33-41-65(42-34-61)71-45-49-75-76-50-46-72(58-82(76)89(81(75)57-71)53-9-10-54-89)66-43-35-62(36-44-66)28-26-60-31-39-64(40-32-60)70-48-52-88-80(56-70)78-20-6-8-22-86(78)91(88)84-24-12-16-68-14-2-4-18-74(68)84/h1-8,11-52,55-58H,9-10,53-54H2. The highest BCUT2D eigenvalue weighted by Gasteiger charge is 2.45. The van der Waals surface area contributed by atoms with Crippen molar-refractivity contribution in [2.45, 2.75) is 31.1 Å². The summed E-state index contributed by atoms with van der Waals surface area (Å²) in [6.45, 7) is 0. The van der Waals surface area contributed by atoms with Crippen molar-refractivity contribution in [3.05, 3.63) is 337 Å². The lowest BCUT2D eigenvalue weighted by Gasteiger charge is -2.27. The van der Waals surface area contributed by atoms with Crippen LogP contribution in [0, 0.1) is 0 Å². The lowest BCUT2D eigenvalue weighted by Crippen LogP contribution is -2.20. The fraction of sp³-hybridized carbons (Fsp3) is 0.0562. The van der Waals surface area contributed by atoms with Crippen LogP contribution in [0.1, 0.15) is 59.1 Å². The van der Waals surface area contributed by atoms with Gasteiger partial charge >= 0.3 is 0 Å². The van der Waals surface area contributed by atoms with Crippen molar-refractivity contribution in [3.8, 4) is 67.0 Å². The number of hydrogen-bond donors (Lipinski definition) is 0. The van der Waals surface area contributed by atoms with Gasteiger partial charge in [-0.1, -0.05) is 280 Å². The third-order valence-corrected chi connectivity index (χ3v) is 20.1. The lowest BCUT2D eigenvalue weighted by atomic mass is 9.75. The van der Waals surface area contributed by atoms with Gasteiger partial charge in [-0.05, 0) is 173 Å². The van der Waals surface area contributed by atoms with Crippen LogP contribution in [0.2, 0.25) is 0 Å². The molecule has 91 heavy (non-hydrogen) atoms. The molecule has 18 rings (SSSR count). The van der Waals surface area contributed by atoms with Crippen molar-refractivity contribution in [2.75, 3.05) is 0 Å². The van der Waals surface area contributed by atoms with Gasteiger partial charge in [0, 0.05) is 37.7 Å². The summed E-state index contributed by atoms with van der Waals surface area (Å²) >= 11 is 0. The highest BCUT2D eigenvalue weighted by atomic mass is 15.0. The van der Waals surface area contributed by atoms with Crippen LogP contribution in [-0.2, 0) is 5.41 Å². The van der Waals surface area contributed by atoms with E-state index in [9.17, 15) is 0 Å². The molecule has 1 saturated carbocycles. The average Bonchev–Trinajstić information content (AvgIpc) is 1.59. The third-order valence-electron chi connectivity index (χ3n) is 20.1. The molecule has 0 bridgehead atoms. The van der Waals surface area contributed by atoms with E-state index in [0.717, 1.165) is 0 Å². The molecule has 0 N–H and O–H groups in total. The Kier molecular flexibility index (Phi) is 12.5. The summed E-state index contributed by atoms with van der Waals surface area (Å²) in [7, 11) is 0. The quantitative estimate of drug-likeness (QED) is 0.121. The molecule has 1 fully saturated rings. The molecule has 1 spiro atoms. The molecule has 0 atom stereocenters. The summed E-state index contributed by atoms with van der Waals surface area (Å²) in [5, 5.41) is 10.0. The van der Waals surface area contributed by atoms with Crippen molar-refractivity contribution < 1.29 is 0 Å². The molecule has 0 aliphatic heterocycles. The molecule has 16 aromatic rings. The van der Waals surface area contributed by atoms with Crippen LogP contribution in [-0.4, -0.2) is 9.13 Å². The van der Waals surface area contributed by atoms with Crippen molar-refractivity contribution in [1.29, 1.82) is 0 Å². The highest BCUT2D eigenvalue weighted by Crippen LogP contribution is 2.58. The zero-order chi connectivity index (χ0) is 60.0. The van der Waals surface area contributed by atoms with E-state index in [4.69, 9.17) is 0 Å². The van der Waals surface area contributed by atoms with Crippen LogP contribution in [0.3, 0.4) is 0 Å². The first-order chi connectivity index (χ1) is 45.0. The molecule has 0 unspecified atom stereocenters. The Labute approximate surface area is 530 Å². The molecule has 0 saturated heterocycles. The number of rotatable bonds is 10. The van der Waals surface area contributed by atoms with E-state index in [1.165, 1.54) is 191 Å². The largest absolute Gasteiger partial charge is 0.309 e. The zero-order valence-corrected chi connectivity index (χ0v) is 50.4. The number of nitrogens with zero attached hydrogens (tertiary/aromatic N) is 2. The van der Waals surface area contributed by atoms with Gasteiger partial charge in [0.15, 0.2) is 0 Å². The summed E-state index contributed by atoms with van der Waals surface area (Å²) in [5.41, 5.74) is 27.8. The summed E-state index contributed by atoms with van der Waals surface area (Å²) in [4.78, 5) is 0. The van der Waals surface area contributed by atoms with Crippen molar-refractivity contribution in [1.82, 2.24) is 9.13 Å². The van der Waals surface area contributed by atoms with Crippen LogP contribution in [0.25, 0.3) is 156 Å². The van der Waals surface area contributed by atoms with Crippen LogP contribution in [0.4, 0.5) is 0 Å². The van der Waals surface area contributed by atoms with Crippen LogP contribution < -0.4 is 0 Å². The van der Waals surface area contributed by atoms with Gasteiger partial charge in [-0.25, -0.2) is 0 Å². The molecule has 14 aromatic carbocycles. The molecule has 2 aliphatic rings. The predicted octanol–water partition coefficient (Wildman–Crippen LogP) is 24.0. The summed E-state index contributed by atoms with van der Waals surface area (Å²) in [5.74, 6) is 0. The van der Waals surface area contributed by atoms with Crippen molar-refractivity contribution in [3.63, 3.8) is 0 Å². The molecule has 2 nitrogen and oxygen atoms in total. The van der Waals surface area contributed by atoms with Gasteiger partial charge in [-0.2, -0.15) is 0 Å². The number of hydrogen-bond acceptors (Lipinski definition) is 0. The van der Waals surface area contributed by atoms with Crippen LogP contribution >= 0.6 is 0 Å². The van der Waals surface area contributed by atoms with Gasteiger partial charge in [0.2, 0.25) is 0 Å². The van der Waals surface area contributed by atoms with E-state index in [1.54, 1.807) is 0 Å². The highest BCUT2D eigenvalue weighted by molar-refractivity contribution is 6.13.